The third kappa shape index (κ3) is 6.19. The summed E-state index contributed by atoms with van der Waals surface area (Å²) in [6, 6.07) is 8.71. The van der Waals surface area contributed by atoms with Crippen molar-refractivity contribution >= 4 is 11.6 Å². The molecule has 0 bridgehead atoms. The lowest BCUT2D eigenvalue weighted by atomic mass is 10.1. The number of guanidine groups is 1. The fraction of sp³-hybridized carbons (Fsp3) is 0.524. The molecule has 0 radical (unpaired) electrons. The molecule has 2 aromatic rings. The van der Waals surface area contributed by atoms with Crippen molar-refractivity contribution in [2.45, 2.75) is 26.3 Å². The van der Waals surface area contributed by atoms with Gasteiger partial charge in [-0.2, -0.15) is 0 Å². The largest absolute Gasteiger partial charge is 0.369 e. The third-order valence-corrected chi connectivity index (χ3v) is 5.11. The van der Waals surface area contributed by atoms with Crippen molar-refractivity contribution in [3.8, 4) is 0 Å². The molecule has 1 saturated heterocycles. The zero-order valence-electron chi connectivity index (χ0n) is 17.5. The number of piperazine rings is 1. The van der Waals surface area contributed by atoms with Crippen LogP contribution in [-0.2, 0) is 6.54 Å². The second-order valence-corrected chi connectivity index (χ2v) is 7.53. The van der Waals surface area contributed by atoms with Crippen molar-refractivity contribution in [1.82, 2.24) is 20.7 Å². The minimum Gasteiger partial charge on any atom is -0.369 e. The highest BCUT2D eigenvalue weighted by atomic mass is 19.1. The Bertz CT molecular complexity index is 781. The molecule has 0 atom stereocenters. The van der Waals surface area contributed by atoms with Gasteiger partial charge in [0, 0.05) is 58.1 Å². The van der Waals surface area contributed by atoms with E-state index >= 15 is 0 Å². The Morgan fingerprint density at radius 3 is 2.52 bits per heavy atom. The summed E-state index contributed by atoms with van der Waals surface area (Å²) < 4.78 is 18.4. The number of nitrogens with zero attached hydrogens (tertiary/aromatic N) is 4. The van der Waals surface area contributed by atoms with Gasteiger partial charge in [-0.3, -0.25) is 9.89 Å². The number of aliphatic imine (C=N–C) groups is 1. The highest BCUT2D eigenvalue weighted by Gasteiger charge is 2.17. The summed E-state index contributed by atoms with van der Waals surface area (Å²) in [7, 11) is 1.76. The molecule has 0 amide bonds. The standard InChI is InChI=1S/C21H31FN6O/c1-16(2)20-14-19(29-26-20)15-25-21(23-3)24-8-9-27-10-12-28(13-11-27)18-6-4-17(22)5-7-18/h4-7,14,16H,8-13,15H2,1-3H3,(H2,23,24,25). The van der Waals surface area contributed by atoms with E-state index in [9.17, 15) is 4.39 Å². The third-order valence-electron chi connectivity index (χ3n) is 5.11. The van der Waals surface area contributed by atoms with Crippen molar-refractivity contribution < 1.29 is 8.91 Å². The molecule has 0 spiro atoms. The molecular formula is C21H31FN6O. The van der Waals surface area contributed by atoms with Gasteiger partial charge in [-0.15, -0.1) is 0 Å². The van der Waals surface area contributed by atoms with E-state index in [1.54, 1.807) is 7.05 Å². The topological polar surface area (TPSA) is 68.9 Å². The van der Waals surface area contributed by atoms with Crippen molar-refractivity contribution in [3.63, 3.8) is 0 Å². The number of halogens is 1. The smallest absolute Gasteiger partial charge is 0.191 e. The lowest BCUT2D eigenvalue weighted by Crippen LogP contribution is -2.49. The molecule has 1 fully saturated rings. The van der Waals surface area contributed by atoms with Gasteiger partial charge < -0.3 is 20.1 Å². The van der Waals surface area contributed by atoms with Gasteiger partial charge in [0.15, 0.2) is 11.7 Å². The number of hydrogen-bond donors (Lipinski definition) is 2. The second kappa shape index (κ2) is 10.2. The average molecular weight is 403 g/mol. The zero-order chi connectivity index (χ0) is 20.6. The summed E-state index contributed by atoms with van der Waals surface area (Å²) in [5.41, 5.74) is 2.05. The van der Waals surface area contributed by atoms with Crippen LogP contribution in [0.3, 0.4) is 0 Å². The minimum atomic E-state index is -0.191. The first-order valence-electron chi connectivity index (χ1n) is 10.2. The Labute approximate surface area is 172 Å². The van der Waals surface area contributed by atoms with Gasteiger partial charge in [-0.05, 0) is 30.2 Å². The van der Waals surface area contributed by atoms with Gasteiger partial charge in [0.25, 0.3) is 0 Å². The Kier molecular flexibility index (Phi) is 7.46. The van der Waals surface area contributed by atoms with Crippen LogP contribution in [0.4, 0.5) is 10.1 Å². The first-order valence-corrected chi connectivity index (χ1v) is 10.2. The van der Waals surface area contributed by atoms with E-state index in [0.717, 1.165) is 62.4 Å². The van der Waals surface area contributed by atoms with Crippen LogP contribution in [0.2, 0.25) is 0 Å². The average Bonchev–Trinajstić information content (AvgIpc) is 3.21. The summed E-state index contributed by atoms with van der Waals surface area (Å²) >= 11 is 0. The van der Waals surface area contributed by atoms with Crippen LogP contribution in [-0.4, -0.2) is 62.3 Å². The van der Waals surface area contributed by atoms with E-state index in [1.165, 1.54) is 12.1 Å². The molecular weight excluding hydrogens is 371 g/mol. The van der Waals surface area contributed by atoms with E-state index in [2.05, 4.69) is 44.4 Å². The van der Waals surface area contributed by atoms with Crippen molar-refractivity contribution in [2.75, 3.05) is 51.2 Å². The van der Waals surface area contributed by atoms with Gasteiger partial charge in [-0.1, -0.05) is 19.0 Å². The molecule has 7 nitrogen and oxygen atoms in total. The van der Waals surface area contributed by atoms with E-state index in [4.69, 9.17) is 4.52 Å². The molecule has 1 aliphatic heterocycles. The van der Waals surface area contributed by atoms with Gasteiger partial charge >= 0.3 is 0 Å². The van der Waals surface area contributed by atoms with Crippen LogP contribution in [0.1, 0.15) is 31.2 Å². The van der Waals surface area contributed by atoms with Crippen LogP contribution < -0.4 is 15.5 Å². The minimum absolute atomic E-state index is 0.191. The highest BCUT2D eigenvalue weighted by molar-refractivity contribution is 5.79. The van der Waals surface area contributed by atoms with E-state index in [-0.39, 0.29) is 5.82 Å². The Morgan fingerprint density at radius 1 is 1.17 bits per heavy atom. The van der Waals surface area contributed by atoms with Gasteiger partial charge in [-0.25, -0.2) is 4.39 Å². The number of aromatic nitrogens is 1. The maximum Gasteiger partial charge on any atom is 0.191 e. The van der Waals surface area contributed by atoms with Crippen LogP contribution in [0.15, 0.2) is 39.8 Å². The molecule has 0 saturated carbocycles. The number of rotatable bonds is 7. The van der Waals surface area contributed by atoms with Gasteiger partial charge in [0.05, 0.1) is 12.2 Å². The molecule has 2 heterocycles. The molecule has 1 aliphatic rings. The normalized spacial score (nSPS) is 15.8. The molecule has 29 heavy (non-hydrogen) atoms. The lowest BCUT2D eigenvalue weighted by molar-refractivity contribution is 0.261. The van der Waals surface area contributed by atoms with Crippen LogP contribution >= 0.6 is 0 Å². The first kappa shape index (κ1) is 21.1. The van der Waals surface area contributed by atoms with E-state index < -0.39 is 0 Å². The maximum atomic E-state index is 13.1. The summed E-state index contributed by atoms with van der Waals surface area (Å²) in [4.78, 5) is 8.98. The monoisotopic (exact) mass is 402 g/mol. The highest BCUT2D eigenvalue weighted by Crippen LogP contribution is 2.16. The Balaban J connectivity index is 1.35. The number of anilines is 1. The SMILES string of the molecule is CN=C(NCCN1CCN(c2ccc(F)cc2)CC1)NCc1cc(C(C)C)no1. The predicted molar refractivity (Wildman–Crippen MR) is 114 cm³/mol. The summed E-state index contributed by atoms with van der Waals surface area (Å²) in [5.74, 6) is 1.71. The lowest BCUT2D eigenvalue weighted by Gasteiger charge is -2.36. The number of benzene rings is 1. The molecule has 0 aliphatic carbocycles. The molecule has 2 N–H and O–H groups in total. The Hall–Kier alpha value is -2.61. The van der Waals surface area contributed by atoms with Crippen molar-refractivity contribution in [3.05, 3.63) is 47.6 Å². The van der Waals surface area contributed by atoms with Crippen LogP contribution in [0, 0.1) is 5.82 Å². The predicted octanol–water partition coefficient (Wildman–Crippen LogP) is 2.42. The zero-order valence-corrected chi connectivity index (χ0v) is 17.5. The Morgan fingerprint density at radius 2 is 1.90 bits per heavy atom. The fourth-order valence-electron chi connectivity index (χ4n) is 3.29. The fourth-order valence-corrected chi connectivity index (χ4v) is 3.29. The van der Waals surface area contributed by atoms with E-state index in [0.29, 0.717) is 12.5 Å². The number of nitrogens with one attached hydrogen (secondary N) is 2. The van der Waals surface area contributed by atoms with Gasteiger partial charge in [0.1, 0.15) is 5.82 Å². The van der Waals surface area contributed by atoms with Crippen molar-refractivity contribution in [1.29, 1.82) is 0 Å². The van der Waals surface area contributed by atoms with Crippen LogP contribution in [0.5, 0.6) is 0 Å². The molecule has 8 heteroatoms. The summed E-state index contributed by atoms with van der Waals surface area (Å²) in [5, 5.41) is 10.7. The number of hydrogen-bond acceptors (Lipinski definition) is 5. The molecule has 158 valence electrons. The van der Waals surface area contributed by atoms with E-state index in [1.807, 2.05) is 18.2 Å². The summed E-state index contributed by atoms with van der Waals surface area (Å²) in [6.45, 7) is 10.4. The molecule has 1 aromatic heterocycles. The quantitative estimate of drug-likeness (QED) is 0.548. The maximum absolute atomic E-state index is 13.1. The van der Waals surface area contributed by atoms with Crippen LogP contribution in [0.25, 0.3) is 0 Å². The van der Waals surface area contributed by atoms with Crippen molar-refractivity contribution in [2.24, 2.45) is 4.99 Å². The molecule has 1 aromatic carbocycles. The first-order chi connectivity index (χ1) is 14.0. The second-order valence-electron chi connectivity index (χ2n) is 7.53. The summed E-state index contributed by atoms with van der Waals surface area (Å²) in [6.07, 6.45) is 0. The van der Waals surface area contributed by atoms with Gasteiger partial charge in [0.2, 0.25) is 0 Å². The molecule has 0 unspecified atom stereocenters. The molecule has 3 rings (SSSR count).